The highest BCUT2D eigenvalue weighted by Crippen LogP contribution is 2.22. The summed E-state index contributed by atoms with van der Waals surface area (Å²) in [5.41, 5.74) is 0.832. The van der Waals surface area contributed by atoms with Crippen LogP contribution in [-0.4, -0.2) is 48.3 Å². The topological polar surface area (TPSA) is 64.6 Å². The molecule has 0 bridgehead atoms. The molecule has 2 aromatic carbocycles. The van der Waals surface area contributed by atoms with Gasteiger partial charge in [0.15, 0.2) is 0 Å². The van der Waals surface area contributed by atoms with E-state index in [1.54, 1.807) is 0 Å². The van der Waals surface area contributed by atoms with Crippen LogP contribution in [-0.2, 0) is 0 Å². The van der Waals surface area contributed by atoms with E-state index < -0.39 is 0 Å². The number of hydrogen-bond acceptors (Lipinski definition) is 3. The number of aliphatic hydroxyl groups excluding tert-OH is 1. The van der Waals surface area contributed by atoms with Crippen LogP contribution in [0, 0.1) is 0 Å². The molecule has 2 amide bonds. The van der Waals surface area contributed by atoms with Crippen molar-refractivity contribution in [3.63, 3.8) is 0 Å². The second-order valence-corrected chi connectivity index (χ2v) is 6.63. The first-order valence-corrected chi connectivity index (χ1v) is 9.15. The number of nitrogens with zero attached hydrogens (tertiary/aromatic N) is 1. The smallest absolute Gasteiger partial charge is 0.319 e. The molecule has 1 fully saturated rings. The fourth-order valence-electron chi connectivity index (χ4n) is 3.54. The van der Waals surface area contributed by atoms with Crippen LogP contribution in [0.1, 0.15) is 25.7 Å². The summed E-state index contributed by atoms with van der Waals surface area (Å²) in [6.45, 7) is 3.00. The number of aliphatic hydroxyl groups is 1. The number of urea groups is 1. The monoisotopic (exact) mass is 341 g/mol. The minimum atomic E-state index is -0.161. The molecule has 134 valence electrons. The van der Waals surface area contributed by atoms with Gasteiger partial charge >= 0.3 is 6.03 Å². The number of unbranched alkanes of at least 4 members (excludes halogenated alkanes) is 1. The lowest BCUT2D eigenvalue weighted by Crippen LogP contribution is -2.34. The SMILES string of the molecule is O=C(NCCCCN1CCCC1CO)Nc1cccc2ccccc12. The number of amides is 2. The molecule has 1 aliphatic rings. The van der Waals surface area contributed by atoms with E-state index in [1.807, 2.05) is 42.5 Å². The van der Waals surface area contributed by atoms with Gasteiger partial charge in [-0.1, -0.05) is 36.4 Å². The van der Waals surface area contributed by atoms with Crippen LogP contribution in [0.5, 0.6) is 0 Å². The highest BCUT2D eigenvalue weighted by atomic mass is 16.3. The molecule has 1 saturated heterocycles. The van der Waals surface area contributed by atoms with Gasteiger partial charge in [0.25, 0.3) is 0 Å². The molecule has 0 radical (unpaired) electrons. The molecule has 3 N–H and O–H groups in total. The molecule has 0 saturated carbocycles. The van der Waals surface area contributed by atoms with Crippen molar-refractivity contribution in [3.8, 4) is 0 Å². The Morgan fingerprint density at radius 1 is 1.16 bits per heavy atom. The number of hydrogen-bond donors (Lipinski definition) is 3. The minimum absolute atomic E-state index is 0.161. The molecular formula is C20H27N3O2. The predicted molar refractivity (Wildman–Crippen MR) is 102 cm³/mol. The third kappa shape index (κ3) is 4.71. The second-order valence-electron chi connectivity index (χ2n) is 6.63. The Balaban J connectivity index is 1.39. The maximum atomic E-state index is 12.1. The van der Waals surface area contributed by atoms with Crippen molar-refractivity contribution in [2.75, 3.05) is 31.6 Å². The van der Waals surface area contributed by atoms with Crippen LogP contribution in [0.25, 0.3) is 10.8 Å². The number of carbonyl (C=O) groups is 1. The standard InChI is InChI=1S/C20H27N3O2/c24-15-17-9-6-14-23(17)13-4-3-12-21-20(25)22-19-11-5-8-16-7-1-2-10-18(16)19/h1-2,5,7-8,10-11,17,24H,3-4,6,9,12-15H2,(H2,21,22,25). The van der Waals surface area contributed by atoms with Crippen LogP contribution in [0.4, 0.5) is 10.5 Å². The third-order valence-electron chi connectivity index (χ3n) is 4.91. The maximum absolute atomic E-state index is 12.1. The Bertz CT molecular complexity index is 699. The van der Waals surface area contributed by atoms with Crippen LogP contribution in [0.2, 0.25) is 0 Å². The zero-order valence-corrected chi connectivity index (χ0v) is 14.6. The van der Waals surface area contributed by atoms with Crippen molar-refractivity contribution in [3.05, 3.63) is 42.5 Å². The van der Waals surface area contributed by atoms with Gasteiger partial charge in [-0.3, -0.25) is 4.90 Å². The van der Waals surface area contributed by atoms with Crippen LogP contribution < -0.4 is 10.6 Å². The van der Waals surface area contributed by atoms with Crippen LogP contribution >= 0.6 is 0 Å². The molecule has 0 aliphatic carbocycles. The lowest BCUT2D eigenvalue weighted by Gasteiger charge is -2.22. The number of carbonyl (C=O) groups excluding carboxylic acids is 1. The Labute approximate surface area is 149 Å². The zero-order chi connectivity index (χ0) is 17.5. The summed E-state index contributed by atoms with van der Waals surface area (Å²) < 4.78 is 0. The van der Waals surface area contributed by atoms with Crippen molar-refractivity contribution in [1.29, 1.82) is 0 Å². The Morgan fingerprint density at radius 2 is 2.00 bits per heavy atom. The number of nitrogens with one attached hydrogen (secondary N) is 2. The number of rotatable bonds is 7. The van der Waals surface area contributed by atoms with Gasteiger partial charge in [0, 0.05) is 18.0 Å². The number of fused-ring (bicyclic) bond motifs is 1. The van der Waals surface area contributed by atoms with E-state index in [1.165, 1.54) is 6.42 Å². The molecule has 0 aromatic heterocycles. The molecule has 25 heavy (non-hydrogen) atoms. The summed E-state index contributed by atoms with van der Waals surface area (Å²) in [5, 5.41) is 17.3. The lowest BCUT2D eigenvalue weighted by molar-refractivity contribution is 0.157. The van der Waals surface area contributed by atoms with Gasteiger partial charge in [0.2, 0.25) is 0 Å². The molecular weight excluding hydrogens is 314 g/mol. The molecule has 5 heteroatoms. The second kappa shape index (κ2) is 8.83. The molecule has 1 atom stereocenters. The van der Waals surface area contributed by atoms with E-state index >= 15 is 0 Å². The number of anilines is 1. The summed E-state index contributed by atoms with van der Waals surface area (Å²) in [5.74, 6) is 0. The first-order chi connectivity index (χ1) is 12.3. The average Bonchev–Trinajstić information content (AvgIpc) is 3.09. The first kappa shape index (κ1) is 17.7. The summed E-state index contributed by atoms with van der Waals surface area (Å²) >= 11 is 0. The van der Waals surface area contributed by atoms with Crippen molar-refractivity contribution >= 4 is 22.5 Å². The molecule has 5 nitrogen and oxygen atoms in total. The lowest BCUT2D eigenvalue weighted by atomic mass is 10.1. The summed E-state index contributed by atoms with van der Waals surface area (Å²) in [6, 6.07) is 14.1. The summed E-state index contributed by atoms with van der Waals surface area (Å²) in [7, 11) is 0. The van der Waals surface area contributed by atoms with Gasteiger partial charge in [-0.25, -0.2) is 4.79 Å². The van der Waals surface area contributed by atoms with Crippen molar-refractivity contribution < 1.29 is 9.90 Å². The molecule has 1 heterocycles. The molecule has 3 rings (SSSR count). The zero-order valence-electron chi connectivity index (χ0n) is 14.6. The van der Waals surface area contributed by atoms with E-state index in [0.29, 0.717) is 12.6 Å². The fourth-order valence-corrected chi connectivity index (χ4v) is 3.54. The molecule has 1 aliphatic heterocycles. The van der Waals surface area contributed by atoms with Gasteiger partial charge in [0.1, 0.15) is 0 Å². The van der Waals surface area contributed by atoms with E-state index in [9.17, 15) is 9.90 Å². The predicted octanol–water partition coefficient (Wildman–Crippen LogP) is 3.20. The van der Waals surface area contributed by atoms with Gasteiger partial charge in [0.05, 0.1) is 12.3 Å². The van der Waals surface area contributed by atoms with E-state index in [4.69, 9.17) is 0 Å². The summed E-state index contributed by atoms with van der Waals surface area (Å²) in [4.78, 5) is 14.5. The third-order valence-corrected chi connectivity index (χ3v) is 4.91. The maximum Gasteiger partial charge on any atom is 0.319 e. The van der Waals surface area contributed by atoms with E-state index in [-0.39, 0.29) is 12.6 Å². The number of likely N-dealkylation sites (tertiary alicyclic amines) is 1. The highest BCUT2D eigenvalue weighted by Gasteiger charge is 2.22. The van der Waals surface area contributed by atoms with Crippen LogP contribution in [0.3, 0.4) is 0 Å². The average molecular weight is 341 g/mol. The van der Waals surface area contributed by atoms with Gasteiger partial charge in [-0.15, -0.1) is 0 Å². The molecule has 0 spiro atoms. The quantitative estimate of drug-likeness (QED) is 0.678. The molecule has 1 unspecified atom stereocenters. The van der Waals surface area contributed by atoms with Gasteiger partial charge < -0.3 is 15.7 Å². The van der Waals surface area contributed by atoms with Gasteiger partial charge in [-0.05, 0) is 50.2 Å². The number of benzene rings is 2. The van der Waals surface area contributed by atoms with Crippen molar-refractivity contribution in [2.24, 2.45) is 0 Å². The van der Waals surface area contributed by atoms with Crippen LogP contribution in [0.15, 0.2) is 42.5 Å². The van der Waals surface area contributed by atoms with Crippen molar-refractivity contribution in [2.45, 2.75) is 31.7 Å². The van der Waals surface area contributed by atoms with E-state index in [2.05, 4.69) is 15.5 Å². The summed E-state index contributed by atoms with van der Waals surface area (Å²) in [6.07, 6.45) is 4.25. The van der Waals surface area contributed by atoms with E-state index in [0.717, 1.165) is 48.8 Å². The Hall–Kier alpha value is -2.11. The largest absolute Gasteiger partial charge is 0.395 e. The minimum Gasteiger partial charge on any atom is -0.395 e. The van der Waals surface area contributed by atoms with Crippen molar-refractivity contribution in [1.82, 2.24) is 10.2 Å². The Morgan fingerprint density at radius 3 is 2.88 bits per heavy atom. The van der Waals surface area contributed by atoms with Gasteiger partial charge in [-0.2, -0.15) is 0 Å². The molecule has 2 aromatic rings. The fraction of sp³-hybridized carbons (Fsp3) is 0.450. The normalized spacial score (nSPS) is 17.7. The Kier molecular flexibility index (Phi) is 6.25. The first-order valence-electron chi connectivity index (χ1n) is 9.15. The highest BCUT2D eigenvalue weighted by molar-refractivity contribution is 6.01.